The van der Waals surface area contributed by atoms with Gasteiger partial charge in [-0.3, -0.25) is 4.79 Å². The highest BCUT2D eigenvalue weighted by molar-refractivity contribution is 5.40. The van der Waals surface area contributed by atoms with Gasteiger partial charge in [0.15, 0.2) is 0 Å². The number of aromatic amines is 1. The molecule has 0 saturated heterocycles. The molecule has 0 unspecified atom stereocenters. The summed E-state index contributed by atoms with van der Waals surface area (Å²) < 4.78 is 16.1. The van der Waals surface area contributed by atoms with Crippen molar-refractivity contribution < 1.29 is 14.2 Å². The van der Waals surface area contributed by atoms with E-state index in [-0.39, 0.29) is 17.3 Å². The molecule has 0 saturated carbocycles. The van der Waals surface area contributed by atoms with E-state index in [1.807, 2.05) is 6.92 Å². The van der Waals surface area contributed by atoms with Crippen molar-refractivity contribution in [3.05, 3.63) is 68.6 Å². The van der Waals surface area contributed by atoms with Crippen molar-refractivity contribution in [2.45, 2.75) is 60.5 Å². The minimum Gasteiger partial charge on any atom is -0.488 e. The van der Waals surface area contributed by atoms with Crippen molar-refractivity contribution in [2.75, 3.05) is 21.3 Å². The molecule has 0 aromatic carbocycles. The summed E-state index contributed by atoms with van der Waals surface area (Å²) in [5, 5.41) is 0. The van der Waals surface area contributed by atoms with Gasteiger partial charge in [0.25, 0.3) is 0 Å². The summed E-state index contributed by atoms with van der Waals surface area (Å²) in [6.07, 6.45) is 12.4. The fourth-order valence-corrected chi connectivity index (χ4v) is 3.56. The maximum absolute atomic E-state index is 12.4. The average Bonchev–Trinajstić information content (AvgIpc) is 2.74. The second-order valence-electron chi connectivity index (χ2n) is 7.94. The number of ether oxygens (including phenoxy) is 3. The van der Waals surface area contributed by atoms with Crippen LogP contribution in [0, 0.1) is 12.8 Å². The number of hydrogen-bond donors (Lipinski definition) is 1. The molecule has 31 heavy (non-hydrogen) atoms. The van der Waals surface area contributed by atoms with Gasteiger partial charge in [0.2, 0.25) is 17.1 Å². The van der Waals surface area contributed by atoms with E-state index in [1.54, 1.807) is 14.0 Å². The Bertz CT molecular complexity index is 903. The van der Waals surface area contributed by atoms with Crippen LogP contribution in [0.2, 0.25) is 0 Å². The molecule has 0 aliphatic carbocycles. The third-order valence-electron chi connectivity index (χ3n) is 5.51. The Hall–Kier alpha value is -2.53. The Morgan fingerprint density at radius 3 is 2.35 bits per heavy atom. The molecule has 0 aliphatic heterocycles. The molecule has 0 radical (unpaired) electrons. The molecule has 1 heterocycles. The first kappa shape index (κ1) is 26.5. The highest BCUT2D eigenvalue weighted by atomic mass is 16.5. The molecular formula is C26H39NO4. The van der Waals surface area contributed by atoms with Crippen LogP contribution >= 0.6 is 0 Å². The van der Waals surface area contributed by atoms with Crippen molar-refractivity contribution in [2.24, 2.45) is 5.92 Å². The minimum absolute atomic E-state index is 0.0989. The van der Waals surface area contributed by atoms with E-state index in [0.717, 1.165) is 12.1 Å². The number of hydrogen-bond acceptors (Lipinski definition) is 4. The molecule has 1 N–H and O–H groups in total. The predicted molar refractivity (Wildman–Crippen MR) is 129 cm³/mol. The Kier molecular flexibility index (Phi) is 11.1. The molecule has 0 bridgehead atoms. The van der Waals surface area contributed by atoms with Crippen LogP contribution in [0.5, 0.6) is 11.6 Å². The third kappa shape index (κ3) is 7.59. The molecule has 1 aromatic rings. The zero-order valence-corrected chi connectivity index (χ0v) is 20.6. The van der Waals surface area contributed by atoms with Crippen molar-refractivity contribution in [3.63, 3.8) is 0 Å². The van der Waals surface area contributed by atoms with Crippen molar-refractivity contribution in [1.82, 2.24) is 4.98 Å². The summed E-state index contributed by atoms with van der Waals surface area (Å²) in [6.45, 7) is 12.3. The van der Waals surface area contributed by atoms with Crippen LogP contribution < -0.4 is 14.9 Å². The summed E-state index contributed by atoms with van der Waals surface area (Å²) in [6, 6.07) is 0. The largest absolute Gasteiger partial charge is 0.488 e. The van der Waals surface area contributed by atoms with E-state index in [1.165, 1.54) is 30.9 Å². The van der Waals surface area contributed by atoms with Gasteiger partial charge in [0.05, 0.1) is 20.3 Å². The van der Waals surface area contributed by atoms with Gasteiger partial charge < -0.3 is 19.2 Å². The maximum atomic E-state index is 12.4. The number of aromatic nitrogens is 1. The van der Waals surface area contributed by atoms with E-state index in [9.17, 15) is 4.79 Å². The smallest absolute Gasteiger partial charge is 0.238 e. The van der Waals surface area contributed by atoms with E-state index >= 15 is 0 Å². The van der Waals surface area contributed by atoms with E-state index in [2.05, 4.69) is 63.1 Å². The Labute approximate surface area is 187 Å². The monoisotopic (exact) mass is 429 g/mol. The normalized spacial score (nSPS) is 15.3. The Morgan fingerprint density at radius 1 is 1.13 bits per heavy atom. The summed E-state index contributed by atoms with van der Waals surface area (Å²) >= 11 is 0. The molecule has 0 spiro atoms. The summed E-state index contributed by atoms with van der Waals surface area (Å²) in [5.41, 5.74) is 5.02. The fraction of sp³-hybridized carbons (Fsp3) is 0.500. The molecule has 2 atom stereocenters. The van der Waals surface area contributed by atoms with Gasteiger partial charge in [-0.05, 0) is 46.6 Å². The van der Waals surface area contributed by atoms with Crippen LogP contribution in [-0.2, 0) is 11.2 Å². The molecule has 0 amide bonds. The second-order valence-corrected chi connectivity index (χ2v) is 7.94. The zero-order chi connectivity index (χ0) is 23.6. The van der Waals surface area contributed by atoms with Crippen molar-refractivity contribution >= 4 is 0 Å². The molecule has 5 nitrogen and oxygen atoms in total. The van der Waals surface area contributed by atoms with E-state index in [4.69, 9.17) is 14.2 Å². The van der Waals surface area contributed by atoms with Gasteiger partial charge in [-0.1, -0.05) is 48.5 Å². The lowest BCUT2D eigenvalue weighted by atomic mass is 9.95. The molecule has 0 fully saturated rings. The van der Waals surface area contributed by atoms with Gasteiger partial charge in [0.1, 0.15) is 0 Å². The van der Waals surface area contributed by atoms with Crippen LogP contribution in [0.1, 0.15) is 52.3 Å². The summed E-state index contributed by atoms with van der Waals surface area (Å²) in [4.78, 5) is 15.6. The van der Waals surface area contributed by atoms with Crippen LogP contribution in [0.25, 0.3) is 0 Å². The van der Waals surface area contributed by atoms with Crippen LogP contribution in [0.15, 0.2) is 51.9 Å². The minimum atomic E-state index is -0.142. The Morgan fingerprint density at radius 2 is 1.81 bits per heavy atom. The summed E-state index contributed by atoms with van der Waals surface area (Å²) in [5.74, 6) is 0.869. The number of H-pyrrole nitrogens is 1. The predicted octanol–water partition coefficient (Wildman–Crippen LogP) is 5.70. The van der Waals surface area contributed by atoms with E-state index < -0.39 is 0 Å². The number of rotatable bonds is 11. The SMILES string of the molecule is CC=C(C)[C@@H](OC)[C@@H](C)C=C(C)C=CCC(C)=CCc1[nH]c(OC)c(OC)c(=O)c1C. The highest BCUT2D eigenvalue weighted by Gasteiger charge is 2.16. The molecular weight excluding hydrogens is 390 g/mol. The zero-order valence-electron chi connectivity index (χ0n) is 20.6. The van der Waals surface area contributed by atoms with Gasteiger partial charge in [-0.2, -0.15) is 0 Å². The first-order valence-corrected chi connectivity index (χ1v) is 10.7. The molecule has 1 rings (SSSR count). The second kappa shape index (κ2) is 13.0. The topological polar surface area (TPSA) is 60.6 Å². The van der Waals surface area contributed by atoms with Crippen LogP contribution in [-0.4, -0.2) is 32.4 Å². The van der Waals surface area contributed by atoms with E-state index in [0.29, 0.717) is 23.8 Å². The molecule has 5 heteroatoms. The maximum Gasteiger partial charge on any atom is 0.238 e. The standard InChI is InChI=1S/C26H39NO4/c1-10-19(4)24(29-7)20(5)16-18(3)13-11-12-17(2)14-15-22-21(6)23(28)25(30-8)26(27-22)31-9/h10-11,13-14,16,20,24H,12,15H2,1-9H3,(H,27,28)/t20-,24+/m0/s1. The third-order valence-corrected chi connectivity index (χ3v) is 5.51. The lowest BCUT2D eigenvalue weighted by Gasteiger charge is -2.21. The van der Waals surface area contributed by atoms with Gasteiger partial charge >= 0.3 is 0 Å². The number of pyridine rings is 1. The molecule has 1 aromatic heterocycles. The lowest BCUT2D eigenvalue weighted by Crippen LogP contribution is -2.20. The highest BCUT2D eigenvalue weighted by Crippen LogP contribution is 2.22. The van der Waals surface area contributed by atoms with Crippen molar-refractivity contribution in [3.8, 4) is 11.6 Å². The quantitative estimate of drug-likeness (QED) is 0.362. The average molecular weight is 430 g/mol. The summed E-state index contributed by atoms with van der Waals surface area (Å²) in [7, 11) is 4.75. The van der Waals surface area contributed by atoms with Gasteiger partial charge in [-0.15, -0.1) is 0 Å². The number of nitrogens with one attached hydrogen (secondary N) is 1. The Balaban J connectivity index is 2.83. The molecule has 172 valence electrons. The van der Waals surface area contributed by atoms with Crippen molar-refractivity contribution in [1.29, 1.82) is 0 Å². The number of allylic oxidation sites excluding steroid dienone is 6. The number of methoxy groups -OCH3 is 3. The van der Waals surface area contributed by atoms with Gasteiger partial charge in [-0.25, -0.2) is 0 Å². The molecule has 0 aliphatic rings. The van der Waals surface area contributed by atoms with Crippen LogP contribution in [0.3, 0.4) is 0 Å². The van der Waals surface area contributed by atoms with Crippen LogP contribution in [0.4, 0.5) is 0 Å². The lowest BCUT2D eigenvalue weighted by molar-refractivity contribution is 0.103. The first-order chi connectivity index (χ1) is 14.7. The first-order valence-electron chi connectivity index (χ1n) is 10.7. The van der Waals surface area contributed by atoms with Gasteiger partial charge in [0, 0.05) is 30.7 Å². The fourth-order valence-electron chi connectivity index (χ4n) is 3.56.